The van der Waals surface area contributed by atoms with Crippen molar-refractivity contribution in [2.75, 3.05) is 0 Å². The first-order valence-corrected chi connectivity index (χ1v) is 4.73. The van der Waals surface area contributed by atoms with E-state index in [0.717, 1.165) is 6.42 Å². The van der Waals surface area contributed by atoms with E-state index in [-0.39, 0.29) is 17.8 Å². The van der Waals surface area contributed by atoms with E-state index in [4.69, 9.17) is 4.74 Å². The highest BCUT2D eigenvalue weighted by atomic mass is 16.6. The van der Waals surface area contributed by atoms with Crippen LogP contribution in [0.25, 0.3) is 0 Å². The molecule has 0 bridgehead atoms. The standard InChI is InChI=1S/C10H14O3/c1-6-3-2-4-7-8(5-6)10(12)13-9(7)11/h2-3,6-8,10,12H,4-5H2,1H3. The fourth-order valence-corrected chi connectivity index (χ4v) is 2.18. The van der Waals surface area contributed by atoms with E-state index in [1.54, 1.807) is 0 Å². The lowest BCUT2D eigenvalue weighted by Crippen LogP contribution is -2.21. The first-order chi connectivity index (χ1) is 6.18. The van der Waals surface area contributed by atoms with Crippen LogP contribution in [0, 0.1) is 17.8 Å². The smallest absolute Gasteiger partial charge is 0.312 e. The van der Waals surface area contributed by atoms with Crippen LogP contribution in [0.4, 0.5) is 0 Å². The third-order valence-corrected chi connectivity index (χ3v) is 2.92. The second kappa shape index (κ2) is 3.14. The highest BCUT2D eigenvalue weighted by Gasteiger charge is 2.43. The summed E-state index contributed by atoms with van der Waals surface area (Å²) >= 11 is 0. The molecule has 0 spiro atoms. The van der Waals surface area contributed by atoms with Crippen molar-refractivity contribution >= 4 is 5.97 Å². The number of aliphatic hydroxyl groups excluding tert-OH is 1. The molecule has 4 unspecified atom stereocenters. The van der Waals surface area contributed by atoms with Crippen LogP contribution in [-0.4, -0.2) is 17.4 Å². The predicted molar refractivity (Wildman–Crippen MR) is 46.6 cm³/mol. The van der Waals surface area contributed by atoms with Gasteiger partial charge >= 0.3 is 5.97 Å². The molecule has 1 saturated heterocycles. The number of cyclic esters (lactones) is 1. The summed E-state index contributed by atoms with van der Waals surface area (Å²) in [5, 5.41) is 9.47. The quantitative estimate of drug-likeness (QED) is 0.450. The minimum Gasteiger partial charge on any atom is -0.435 e. The SMILES string of the molecule is CC1C=CCC2C(=O)OC(O)C2C1. The normalized spacial score (nSPS) is 44.0. The van der Waals surface area contributed by atoms with Crippen LogP contribution in [0.1, 0.15) is 19.8 Å². The zero-order valence-electron chi connectivity index (χ0n) is 7.64. The maximum absolute atomic E-state index is 11.3. The van der Waals surface area contributed by atoms with Crippen LogP contribution in [0.15, 0.2) is 12.2 Å². The van der Waals surface area contributed by atoms with Gasteiger partial charge in [-0.3, -0.25) is 4.79 Å². The van der Waals surface area contributed by atoms with Crippen molar-refractivity contribution in [2.45, 2.75) is 26.1 Å². The van der Waals surface area contributed by atoms with Gasteiger partial charge in [0.05, 0.1) is 5.92 Å². The lowest BCUT2D eigenvalue weighted by atomic mass is 9.87. The molecular formula is C10H14O3. The van der Waals surface area contributed by atoms with Crippen molar-refractivity contribution in [3.05, 3.63) is 12.2 Å². The summed E-state index contributed by atoms with van der Waals surface area (Å²) in [7, 11) is 0. The molecule has 72 valence electrons. The molecule has 0 aromatic heterocycles. The summed E-state index contributed by atoms with van der Waals surface area (Å²) in [6, 6.07) is 0. The van der Waals surface area contributed by atoms with Gasteiger partial charge in [0.25, 0.3) is 0 Å². The summed E-state index contributed by atoms with van der Waals surface area (Å²) in [5.74, 6) is 0.0732. The number of ether oxygens (including phenoxy) is 1. The van der Waals surface area contributed by atoms with Gasteiger partial charge in [0, 0.05) is 5.92 Å². The highest BCUT2D eigenvalue weighted by Crippen LogP contribution is 2.37. The van der Waals surface area contributed by atoms with Crippen molar-refractivity contribution in [3.63, 3.8) is 0 Å². The van der Waals surface area contributed by atoms with Gasteiger partial charge in [-0.15, -0.1) is 0 Å². The van der Waals surface area contributed by atoms with E-state index in [2.05, 4.69) is 13.0 Å². The maximum atomic E-state index is 11.3. The molecule has 3 heteroatoms. The van der Waals surface area contributed by atoms with Gasteiger partial charge in [-0.1, -0.05) is 19.1 Å². The fraction of sp³-hybridized carbons (Fsp3) is 0.700. The van der Waals surface area contributed by atoms with E-state index < -0.39 is 6.29 Å². The summed E-state index contributed by atoms with van der Waals surface area (Å²) in [6.07, 6.45) is 4.81. The molecule has 2 rings (SSSR count). The topological polar surface area (TPSA) is 46.5 Å². The minimum absolute atomic E-state index is 0.00231. The summed E-state index contributed by atoms with van der Waals surface area (Å²) in [4.78, 5) is 11.3. The van der Waals surface area contributed by atoms with Crippen molar-refractivity contribution < 1.29 is 14.6 Å². The molecule has 1 fully saturated rings. The van der Waals surface area contributed by atoms with Crippen LogP contribution >= 0.6 is 0 Å². The van der Waals surface area contributed by atoms with E-state index in [1.807, 2.05) is 6.08 Å². The van der Waals surface area contributed by atoms with E-state index in [9.17, 15) is 9.90 Å². The predicted octanol–water partition coefficient (Wildman–Crippen LogP) is 1.08. The summed E-state index contributed by atoms with van der Waals surface area (Å²) < 4.78 is 4.79. The number of carbonyl (C=O) groups is 1. The summed E-state index contributed by atoms with van der Waals surface area (Å²) in [6.45, 7) is 2.09. The van der Waals surface area contributed by atoms with Crippen LogP contribution in [0.2, 0.25) is 0 Å². The Balaban J connectivity index is 2.18. The molecular weight excluding hydrogens is 168 g/mol. The van der Waals surface area contributed by atoms with Gasteiger partial charge < -0.3 is 9.84 Å². The Labute approximate surface area is 77.4 Å². The second-order valence-electron chi connectivity index (χ2n) is 3.97. The minimum atomic E-state index is -0.875. The van der Waals surface area contributed by atoms with E-state index in [0.29, 0.717) is 12.3 Å². The van der Waals surface area contributed by atoms with Crippen molar-refractivity contribution in [3.8, 4) is 0 Å². The highest BCUT2D eigenvalue weighted by molar-refractivity contribution is 5.75. The Hall–Kier alpha value is -0.830. The molecule has 1 aliphatic carbocycles. The molecule has 0 radical (unpaired) electrons. The van der Waals surface area contributed by atoms with Crippen LogP contribution in [-0.2, 0) is 9.53 Å². The molecule has 0 amide bonds. The fourth-order valence-electron chi connectivity index (χ4n) is 2.18. The van der Waals surface area contributed by atoms with Crippen LogP contribution in [0.3, 0.4) is 0 Å². The first-order valence-electron chi connectivity index (χ1n) is 4.73. The molecule has 0 saturated carbocycles. The lowest BCUT2D eigenvalue weighted by Gasteiger charge is -2.16. The van der Waals surface area contributed by atoms with Gasteiger partial charge in [-0.05, 0) is 18.8 Å². The first kappa shape index (κ1) is 8.75. The van der Waals surface area contributed by atoms with Crippen molar-refractivity contribution in [2.24, 2.45) is 17.8 Å². The number of carbonyl (C=O) groups excluding carboxylic acids is 1. The van der Waals surface area contributed by atoms with E-state index >= 15 is 0 Å². The Morgan fingerprint density at radius 2 is 2.38 bits per heavy atom. The van der Waals surface area contributed by atoms with Gasteiger partial charge in [0.15, 0.2) is 0 Å². The average molecular weight is 182 g/mol. The van der Waals surface area contributed by atoms with Crippen molar-refractivity contribution in [1.29, 1.82) is 0 Å². The number of allylic oxidation sites excluding steroid dienone is 2. The van der Waals surface area contributed by atoms with Crippen molar-refractivity contribution in [1.82, 2.24) is 0 Å². The molecule has 1 heterocycles. The lowest BCUT2D eigenvalue weighted by molar-refractivity contribution is -0.157. The number of hydrogen-bond donors (Lipinski definition) is 1. The third-order valence-electron chi connectivity index (χ3n) is 2.92. The Morgan fingerprint density at radius 1 is 1.62 bits per heavy atom. The van der Waals surface area contributed by atoms with Gasteiger partial charge in [0.1, 0.15) is 0 Å². The number of esters is 1. The molecule has 1 N–H and O–H groups in total. The molecule has 1 aliphatic heterocycles. The monoisotopic (exact) mass is 182 g/mol. The Morgan fingerprint density at radius 3 is 3.15 bits per heavy atom. The summed E-state index contributed by atoms with van der Waals surface area (Å²) in [5.41, 5.74) is 0. The van der Waals surface area contributed by atoms with Gasteiger partial charge in [-0.25, -0.2) is 0 Å². The zero-order valence-corrected chi connectivity index (χ0v) is 7.64. The van der Waals surface area contributed by atoms with Gasteiger partial charge in [0.2, 0.25) is 6.29 Å². The number of hydrogen-bond acceptors (Lipinski definition) is 3. The maximum Gasteiger partial charge on any atom is 0.312 e. The Bertz CT molecular complexity index is 247. The zero-order chi connectivity index (χ0) is 9.42. The number of fused-ring (bicyclic) bond motifs is 1. The Kier molecular flexibility index (Phi) is 2.12. The molecule has 13 heavy (non-hydrogen) atoms. The average Bonchev–Trinajstić information content (AvgIpc) is 2.28. The van der Waals surface area contributed by atoms with Crippen LogP contribution in [0.5, 0.6) is 0 Å². The molecule has 3 nitrogen and oxygen atoms in total. The second-order valence-corrected chi connectivity index (χ2v) is 3.97. The van der Waals surface area contributed by atoms with Gasteiger partial charge in [-0.2, -0.15) is 0 Å². The van der Waals surface area contributed by atoms with E-state index in [1.165, 1.54) is 0 Å². The largest absolute Gasteiger partial charge is 0.435 e. The third kappa shape index (κ3) is 1.48. The van der Waals surface area contributed by atoms with Crippen LogP contribution < -0.4 is 0 Å². The molecule has 2 aliphatic rings. The molecule has 0 aromatic rings. The number of aliphatic hydroxyl groups is 1. The molecule has 4 atom stereocenters. The number of rotatable bonds is 0. The molecule has 0 aromatic carbocycles.